The van der Waals surface area contributed by atoms with Crippen LogP contribution in [0.3, 0.4) is 0 Å². The number of nitrogens with zero attached hydrogens (tertiary/aromatic N) is 1. The number of aryl methyl sites for hydroxylation is 2. The van der Waals surface area contributed by atoms with E-state index in [9.17, 15) is 14.7 Å². The number of fused-ring (bicyclic) bond motifs is 1. The molecule has 1 saturated heterocycles. The molecule has 3 aromatic rings. The lowest BCUT2D eigenvalue weighted by atomic mass is 9.89. The first kappa shape index (κ1) is 20.9. The number of amides is 2. The lowest BCUT2D eigenvalue weighted by molar-refractivity contribution is -0.131. The highest BCUT2D eigenvalue weighted by Gasteiger charge is 2.42. The minimum absolute atomic E-state index is 0.323. The fourth-order valence-corrected chi connectivity index (χ4v) is 3.79. The van der Waals surface area contributed by atoms with Crippen LogP contribution in [0, 0.1) is 13.8 Å². The van der Waals surface area contributed by atoms with Gasteiger partial charge in [0.05, 0.1) is 12.2 Å². The van der Waals surface area contributed by atoms with Gasteiger partial charge in [-0.05, 0) is 51.0 Å². The Bertz CT molecular complexity index is 1120. The normalized spacial score (nSPS) is 18.6. The third-order valence-electron chi connectivity index (χ3n) is 5.56. The first-order valence-corrected chi connectivity index (χ1v) is 10.2. The van der Waals surface area contributed by atoms with E-state index >= 15 is 0 Å². The lowest BCUT2D eigenvalue weighted by Gasteiger charge is -2.35. The number of pyridine rings is 1. The van der Waals surface area contributed by atoms with Crippen LogP contribution in [0.15, 0.2) is 40.9 Å². The smallest absolute Gasteiger partial charge is 0.256 e. The van der Waals surface area contributed by atoms with E-state index in [1.54, 1.807) is 31.3 Å². The summed E-state index contributed by atoms with van der Waals surface area (Å²) in [6.07, 6.45) is 2.80. The number of rotatable bonds is 6. The van der Waals surface area contributed by atoms with Crippen molar-refractivity contribution in [1.82, 2.24) is 15.6 Å². The molecule has 0 saturated carbocycles. The van der Waals surface area contributed by atoms with Crippen molar-refractivity contribution in [3.8, 4) is 5.75 Å². The molecule has 0 aliphatic carbocycles. The van der Waals surface area contributed by atoms with Gasteiger partial charge in [-0.25, -0.2) is 0 Å². The zero-order valence-electron chi connectivity index (χ0n) is 17.5. The maximum Gasteiger partial charge on any atom is 0.256 e. The summed E-state index contributed by atoms with van der Waals surface area (Å²) in [5.41, 5.74) is 1.39. The number of aliphatic hydroxyl groups is 1. The predicted octanol–water partition coefficient (Wildman–Crippen LogP) is 2.39. The molecule has 3 N–H and O–H groups in total. The Balaban J connectivity index is 1.59. The number of ether oxygens (including phenoxy) is 1. The van der Waals surface area contributed by atoms with Gasteiger partial charge in [0.15, 0.2) is 0 Å². The molecule has 1 unspecified atom stereocenters. The Morgan fingerprint density at radius 2 is 2.16 bits per heavy atom. The van der Waals surface area contributed by atoms with Crippen molar-refractivity contribution in [3.63, 3.8) is 0 Å². The standard InChI is InChI=1S/C23H25N3O5/c1-14-4-5-16(11-25-14)12-30-17-6-7-19-18(10-17)20(15(2)31-19)21(28)26-23(13-27)8-3-9-24-22(23)29/h4-7,10-11,27H,3,8-9,12-13H2,1-2H3,(H,24,29)(H,26,28). The minimum Gasteiger partial charge on any atom is -0.489 e. The number of aliphatic hydroxyl groups excluding tert-OH is 1. The summed E-state index contributed by atoms with van der Waals surface area (Å²) in [7, 11) is 0. The molecule has 0 radical (unpaired) electrons. The molecule has 8 heteroatoms. The van der Waals surface area contributed by atoms with Crippen LogP contribution in [0.5, 0.6) is 5.75 Å². The Kier molecular flexibility index (Phi) is 5.65. The van der Waals surface area contributed by atoms with Gasteiger partial charge in [0.2, 0.25) is 5.91 Å². The van der Waals surface area contributed by atoms with Gasteiger partial charge in [-0.2, -0.15) is 0 Å². The number of hydrogen-bond donors (Lipinski definition) is 3. The van der Waals surface area contributed by atoms with Crippen LogP contribution >= 0.6 is 0 Å². The van der Waals surface area contributed by atoms with Crippen molar-refractivity contribution in [2.45, 2.75) is 38.8 Å². The van der Waals surface area contributed by atoms with E-state index in [2.05, 4.69) is 15.6 Å². The molecule has 1 aliphatic rings. The minimum atomic E-state index is -1.34. The average molecular weight is 423 g/mol. The van der Waals surface area contributed by atoms with Gasteiger partial charge >= 0.3 is 0 Å². The van der Waals surface area contributed by atoms with Gasteiger partial charge in [0.1, 0.15) is 29.2 Å². The summed E-state index contributed by atoms with van der Waals surface area (Å²) in [5, 5.41) is 15.9. The predicted molar refractivity (Wildman–Crippen MR) is 114 cm³/mol. The molecule has 1 aromatic carbocycles. The quantitative estimate of drug-likeness (QED) is 0.561. The van der Waals surface area contributed by atoms with Crippen molar-refractivity contribution in [2.75, 3.05) is 13.2 Å². The van der Waals surface area contributed by atoms with E-state index in [0.29, 0.717) is 54.0 Å². The van der Waals surface area contributed by atoms with E-state index in [0.717, 1.165) is 11.3 Å². The number of aromatic nitrogens is 1. The van der Waals surface area contributed by atoms with E-state index in [-0.39, 0.29) is 5.91 Å². The molecule has 31 heavy (non-hydrogen) atoms. The largest absolute Gasteiger partial charge is 0.489 e. The molecular weight excluding hydrogens is 398 g/mol. The molecule has 0 bridgehead atoms. The number of piperidine rings is 1. The number of carbonyl (C=O) groups is 2. The van der Waals surface area contributed by atoms with Crippen molar-refractivity contribution < 1.29 is 23.8 Å². The van der Waals surface area contributed by atoms with Crippen molar-refractivity contribution >= 4 is 22.8 Å². The molecule has 1 aliphatic heterocycles. The fraction of sp³-hybridized carbons (Fsp3) is 0.348. The number of hydrogen-bond acceptors (Lipinski definition) is 6. The van der Waals surface area contributed by atoms with Crippen LogP contribution in [-0.2, 0) is 11.4 Å². The summed E-state index contributed by atoms with van der Waals surface area (Å²) in [4.78, 5) is 29.7. The Morgan fingerprint density at radius 1 is 1.32 bits per heavy atom. The number of nitrogens with one attached hydrogen (secondary N) is 2. The molecule has 2 amide bonds. The monoisotopic (exact) mass is 423 g/mol. The highest BCUT2D eigenvalue weighted by Crippen LogP contribution is 2.30. The molecule has 162 valence electrons. The second kappa shape index (κ2) is 8.39. The number of furan rings is 1. The van der Waals surface area contributed by atoms with Crippen LogP contribution in [0.25, 0.3) is 11.0 Å². The summed E-state index contributed by atoms with van der Waals surface area (Å²) in [6.45, 7) is 4.01. The zero-order chi connectivity index (χ0) is 22.0. The summed E-state index contributed by atoms with van der Waals surface area (Å²) in [6, 6.07) is 9.14. The molecule has 3 heterocycles. The zero-order valence-corrected chi connectivity index (χ0v) is 17.5. The van der Waals surface area contributed by atoms with Crippen LogP contribution in [-0.4, -0.2) is 40.6 Å². The average Bonchev–Trinajstić information content (AvgIpc) is 3.10. The maximum absolute atomic E-state index is 13.1. The van der Waals surface area contributed by atoms with E-state index < -0.39 is 18.1 Å². The maximum atomic E-state index is 13.1. The van der Waals surface area contributed by atoms with Crippen LogP contribution in [0.4, 0.5) is 0 Å². The molecule has 8 nitrogen and oxygen atoms in total. The molecule has 1 fully saturated rings. The Morgan fingerprint density at radius 3 is 2.87 bits per heavy atom. The Hall–Kier alpha value is -3.39. The van der Waals surface area contributed by atoms with Gasteiger partial charge in [-0.15, -0.1) is 0 Å². The van der Waals surface area contributed by atoms with Crippen LogP contribution < -0.4 is 15.4 Å². The second-order valence-corrected chi connectivity index (χ2v) is 7.84. The number of benzene rings is 1. The van der Waals surface area contributed by atoms with Gasteiger partial charge in [0, 0.05) is 29.4 Å². The SMILES string of the molecule is Cc1ccc(COc2ccc3oc(C)c(C(=O)NC4(CO)CCCNC4=O)c3c2)cn1. The second-order valence-electron chi connectivity index (χ2n) is 7.84. The third kappa shape index (κ3) is 4.11. The molecule has 4 rings (SSSR count). The summed E-state index contributed by atoms with van der Waals surface area (Å²) in [5.74, 6) is 0.157. The van der Waals surface area contributed by atoms with Crippen LogP contribution in [0.1, 0.15) is 40.2 Å². The van der Waals surface area contributed by atoms with Crippen LogP contribution in [0.2, 0.25) is 0 Å². The van der Waals surface area contributed by atoms with Gasteiger partial charge in [-0.1, -0.05) is 6.07 Å². The van der Waals surface area contributed by atoms with E-state index in [1.807, 2.05) is 19.1 Å². The van der Waals surface area contributed by atoms with Crippen molar-refractivity contribution in [1.29, 1.82) is 0 Å². The van der Waals surface area contributed by atoms with E-state index in [1.165, 1.54) is 0 Å². The molecule has 1 atom stereocenters. The van der Waals surface area contributed by atoms with Gasteiger partial charge in [-0.3, -0.25) is 14.6 Å². The topological polar surface area (TPSA) is 114 Å². The van der Waals surface area contributed by atoms with Gasteiger partial charge in [0.25, 0.3) is 5.91 Å². The highest BCUT2D eigenvalue weighted by molar-refractivity contribution is 6.09. The molecule has 0 spiro atoms. The highest BCUT2D eigenvalue weighted by atomic mass is 16.5. The summed E-state index contributed by atoms with van der Waals surface area (Å²) < 4.78 is 11.6. The third-order valence-corrected chi connectivity index (χ3v) is 5.56. The number of carbonyl (C=O) groups excluding carboxylic acids is 2. The first-order valence-electron chi connectivity index (χ1n) is 10.2. The Labute approximate surface area is 179 Å². The van der Waals surface area contributed by atoms with E-state index in [4.69, 9.17) is 9.15 Å². The van der Waals surface area contributed by atoms with Crippen molar-refractivity contribution in [2.24, 2.45) is 0 Å². The fourth-order valence-electron chi connectivity index (χ4n) is 3.79. The lowest BCUT2D eigenvalue weighted by Crippen LogP contribution is -2.63. The first-order chi connectivity index (χ1) is 14.9. The molecular formula is C23H25N3O5. The van der Waals surface area contributed by atoms with Crippen molar-refractivity contribution in [3.05, 3.63) is 59.1 Å². The molecule has 2 aromatic heterocycles. The summed E-state index contributed by atoms with van der Waals surface area (Å²) >= 11 is 0. The van der Waals surface area contributed by atoms with Gasteiger partial charge < -0.3 is 24.9 Å².